The van der Waals surface area contributed by atoms with Gasteiger partial charge in [-0.05, 0) is 48.5 Å². The third-order valence-corrected chi connectivity index (χ3v) is 4.08. The first-order valence-electron chi connectivity index (χ1n) is 8.99. The number of benzene rings is 3. The van der Waals surface area contributed by atoms with Gasteiger partial charge in [0.15, 0.2) is 19.0 Å². The molecule has 2 N–H and O–H groups in total. The van der Waals surface area contributed by atoms with Crippen LogP contribution in [0.25, 0.3) is 0 Å². The summed E-state index contributed by atoms with van der Waals surface area (Å²) in [7, 11) is 0. The van der Waals surface area contributed by atoms with Crippen molar-refractivity contribution in [2.75, 3.05) is 23.8 Å². The Morgan fingerprint density at radius 3 is 2.45 bits per heavy atom. The summed E-state index contributed by atoms with van der Waals surface area (Å²) in [5.74, 6) is 1.81. The SMILES string of the molecule is O=C(COc1ccc(Oc2ccccc2)cc1)Nc1cccc2c1OCC(=O)N2. The van der Waals surface area contributed by atoms with Crippen LogP contribution in [-0.2, 0) is 9.59 Å². The maximum atomic E-state index is 12.2. The van der Waals surface area contributed by atoms with Crippen molar-refractivity contribution in [2.24, 2.45) is 0 Å². The number of rotatable bonds is 6. The molecule has 146 valence electrons. The lowest BCUT2D eigenvalue weighted by molar-refractivity contribution is -0.118. The Morgan fingerprint density at radius 2 is 1.66 bits per heavy atom. The first kappa shape index (κ1) is 18.4. The molecular formula is C22H18N2O5. The Balaban J connectivity index is 1.32. The van der Waals surface area contributed by atoms with Gasteiger partial charge < -0.3 is 24.8 Å². The van der Waals surface area contributed by atoms with Gasteiger partial charge in [0.05, 0.1) is 11.4 Å². The highest BCUT2D eigenvalue weighted by Crippen LogP contribution is 2.35. The molecule has 0 radical (unpaired) electrons. The lowest BCUT2D eigenvalue weighted by Crippen LogP contribution is -2.27. The molecule has 29 heavy (non-hydrogen) atoms. The molecule has 4 rings (SSSR count). The van der Waals surface area contributed by atoms with Gasteiger partial charge in [0.1, 0.15) is 17.2 Å². The van der Waals surface area contributed by atoms with Crippen LogP contribution < -0.4 is 24.8 Å². The summed E-state index contributed by atoms with van der Waals surface area (Å²) in [6.07, 6.45) is 0. The molecule has 0 spiro atoms. The summed E-state index contributed by atoms with van der Waals surface area (Å²) in [5.41, 5.74) is 0.997. The van der Waals surface area contributed by atoms with Crippen molar-refractivity contribution < 1.29 is 23.8 Å². The second-order valence-corrected chi connectivity index (χ2v) is 6.24. The topological polar surface area (TPSA) is 85.9 Å². The largest absolute Gasteiger partial charge is 0.484 e. The fraction of sp³-hybridized carbons (Fsp3) is 0.0909. The zero-order valence-corrected chi connectivity index (χ0v) is 15.4. The molecule has 0 saturated heterocycles. The number of para-hydroxylation sites is 2. The summed E-state index contributed by atoms with van der Waals surface area (Å²) < 4.78 is 16.7. The summed E-state index contributed by atoms with van der Waals surface area (Å²) in [6.45, 7) is -0.261. The first-order valence-corrected chi connectivity index (χ1v) is 8.99. The van der Waals surface area contributed by atoms with Crippen LogP contribution in [0.3, 0.4) is 0 Å². The maximum absolute atomic E-state index is 12.2. The van der Waals surface area contributed by atoms with Crippen LogP contribution in [0.15, 0.2) is 72.8 Å². The van der Waals surface area contributed by atoms with Crippen molar-refractivity contribution in [3.05, 3.63) is 72.8 Å². The number of carbonyl (C=O) groups excluding carboxylic acids is 2. The van der Waals surface area contributed by atoms with E-state index in [1.54, 1.807) is 42.5 Å². The molecule has 2 amide bonds. The average Bonchev–Trinajstić information content (AvgIpc) is 2.74. The Kier molecular flexibility index (Phi) is 5.29. The normalized spacial score (nSPS) is 12.2. The number of ether oxygens (including phenoxy) is 3. The Hall–Kier alpha value is -4.00. The van der Waals surface area contributed by atoms with Crippen LogP contribution in [-0.4, -0.2) is 25.0 Å². The van der Waals surface area contributed by atoms with Gasteiger partial charge in [-0.3, -0.25) is 9.59 Å². The number of hydrogen-bond donors (Lipinski definition) is 2. The van der Waals surface area contributed by atoms with Gasteiger partial charge in [-0.2, -0.15) is 0 Å². The van der Waals surface area contributed by atoms with Crippen LogP contribution in [0.5, 0.6) is 23.0 Å². The van der Waals surface area contributed by atoms with E-state index in [-0.39, 0.29) is 25.0 Å². The molecule has 1 heterocycles. The molecule has 3 aromatic rings. The molecule has 7 heteroatoms. The van der Waals surface area contributed by atoms with Crippen molar-refractivity contribution in [1.82, 2.24) is 0 Å². The van der Waals surface area contributed by atoms with Gasteiger partial charge in [-0.1, -0.05) is 24.3 Å². The Morgan fingerprint density at radius 1 is 0.931 bits per heavy atom. The van der Waals surface area contributed by atoms with E-state index < -0.39 is 0 Å². The Labute approximate surface area is 167 Å². The van der Waals surface area contributed by atoms with Crippen molar-refractivity contribution in [3.63, 3.8) is 0 Å². The molecule has 0 unspecified atom stereocenters. The highest BCUT2D eigenvalue weighted by molar-refractivity contribution is 6.00. The average molecular weight is 390 g/mol. The van der Waals surface area contributed by atoms with E-state index in [0.29, 0.717) is 28.6 Å². The standard InChI is InChI=1S/C22H18N2O5/c25-20(23-18-7-4-8-19-22(18)28-14-21(26)24-19)13-27-15-9-11-17(12-10-15)29-16-5-2-1-3-6-16/h1-12H,13-14H2,(H,23,25)(H,24,26). The molecule has 0 atom stereocenters. The minimum Gasteiger partial charge on any atom is -0.484 e. The predicted molar refractivity (Wildman–Crippen MR) is 108 cm³/mol. The molecule has 0 aromatic heterocycles. The second kappa shape index (κ2) is 8.35. The molecular weight excluding hydrogens is 372 g/mol. The van der Waals surface area contributed by atoms with E-state index in [0.717, 1.165) is 5.75 Å². The molecule has 0 aliphatic carbocycles. The summed E-state index contributed by atoms with van der Waals surface area (Å²) in [5, 5.41) is 5.43. The van der Waals surface area contributed by atoms with Crippen molar-refractivity contribution in [3.8, 4) is 23.0 Å². The highest BCUT2D eigenvalue weighted by atomic mass is 16.5. The smallest absolute Gasteiger partial charge is 0.262 e. The van der Waals surface area contributed by atoms with Gasteiger partial charge in [-0.25, -0.2) is 0 Å². The van der Waals surface area contributed by atoms with Gasteiger partial charge in [0.2, 0.25) is 0 Å². The van der Waals surface area contributed by atoms with Crippen LogP contribution in [0, 0.1) is 0 Å². The fourth-order valence-corrected chi connectivity index (χ4v) is 2.78. The third kappa shape index (κ3) is 4.65. The molecule has 0 bridgehead atoms. The lowest BCUT2D eigenvalue weighted by atomic mass is 10.2. The van der Waals surface area contributed by atoms with Gasteiger partial charge in [0, 0.05) is 0 Å². The number of carbonyl (C=O) groups is 2. The van der Waals surface area contributed by atoms with Crippen LogP contribution in [0.4, 0.5) is 11.4 Å². The van der Waals surface area contributed by atoms with Crippen molar-refractivity contribution >= 4 is 23.2 Å². The van der Waals surface area contributed by atoms with Gasteiger partial charge in [-0.15, -0.1) is 0 Å². The maximum Gasteiger partial charge on any atom is 0.262 e. The van der Waals surface area contributed by atoms with E-state index in [9.17, 15) is 9.59 Å². The third-order valence-electron chi connectivity index (χ3n) is 4.08. The molecule has 3 aromatic carbocycles. The molecule has 0 saturated carbocycles. The predicted octanol–water partition coefficient (Wildman–Crippen LogP) is 3.83. The van der Waals surface area contributed by atoms with Crippen molar-refractivity contribution in [1.29, 1.82) is 0 Å². The zero-order valence-electron chi connectivity index (χ0n) is 15.4. The summed E-state index contributed by atoms with van der Waals surface area (Å²) in [6, 6.07) is 21.6. The summed E-state index contributed by atoms with van der Waals surface area (Å²) >= 11 is 0. The van der Waals surface area contributed by atoms with E-state index in [2.05, 4.69) is 10.6 Å². The number of nitrogens with one attached hydrogen (secondary N) is 2. The van der Waals surface area contributed by atoms with E-state index in [1.165, 1.54) is 0 Å². The van der Waals surface area contributed by atoms with E-state index in [1.807, 2.05) is 30.3 Å². The molecule has 1 aliphatic rings. The Bertz CT molecular complexity index is 1020. The van der Waals surface area contributed by atoms with Crippen LogP contribution in [0.2, 0.25) is 0 Å². The first-order chi connectivity index (χ1) is 14.2. The molecule has 7 nitrogen and oxygen atoms in total. The fourth-order valence-electron chi connectivity index (χ4n) is 2.78. The lowest BCUT2D eigenvalue weighted by Gasteiger charge is -2.20. The van der Waals surface area contributed by atoms with Crippen molar-refractivity contribution in [2.45, 2.75) is 0 Å². The number of amides is 2. The van der Waals surface area contributed by atoms with Crippen LogP contribution >= 0.6 is 0 Å². The highest BCUT2D eigenvalue weighted by Gasteiger charge is 2.20. The summed E-state index contributed by atoms with van der Waals surface area (Å²) in [4.78, 5) is 23.6. The molecule has 1 aliphatic heterocycles. The van der Waals surface area contributed by atoms with Gasteiger partial charge >= 0.3 is 0 Å². The zero-order chi connectivity index (χ0) is 20.1. The van der Waals surface area contributed by atoms with E-state index in [4.69, 9.17) is 14.2 Å². The number of hydrogen-bond acceptors (Lipinski definition) is 5. The minimum absolute atomic E-state index is 0.0895. The monoisotopic (exact) mass is 390 g/mol. The number of anilines is 2. The minimum atomic E-state index is -0.344. The van der Waals surface area contributed by atoms with Crippen LogP contribution in [0.1, 0.15) is 0 Å². The number of fused-ring (bicyclic) bond motifs is 1. The second-order valence-electron chi connectivity index (χ2n) is 6.24. The quantitative estimate of drug-likeness (QED) is 0.668. The van der Waals surface area contributed by atoms with Gasteiger partial charge in [0.25, 0.3) is 11.8 Å². The molecule has 0 fully saturated rings. The van der Waals surface area contributed by atoms with E-state index >= 15 is 0 Å².